The first-order valence-corrected chi connectivity index (χ1v) is 13.6. The summed E-state index contributed by atoms with van der Waals surface area (Å²) < 4.78 is 34.9. The maximum atomic E-state index is 12.7. The van der Waals surface area contributed by atoms with Crippen molar-refractivity contribution in [1.29, 1.82) is 0 Å². The van der Waals surface area contributed by atoms with Gasteiger partial charge in [-0.2, -0.15) is 4.89 Å². The Kier molecular flexibility index (Phi) is 11.1. The van der Waals surface area contributed by atoms with Crippen LogP contribution in [-0.4, -0.2) is 23.2 Å². The van der Waals surface area contributed by atoms with Crippen LogP contribution in [0.5, 0.6) is 0 Å². The van der Waals surface area contributed by atoms with Gasteiger partial charge in [0.05, 0.1) is 12.7 Å². The van der Waals surface area contributed by atoms with Crippen molar-refractivity contribution in [2.24, 2.45) is 0 Å². The van der Waals surface area contributed by atoms with E-state index in [-0.39, 0.29) is 18.4 Å². The number of rotatable bonds is 12. The summed E-state index contributed by atoms with van der Waals surface area (Å²) in [6.07, 6.45) is 6.07. The minimum absolute atomic E-state index is 0.156. The molecular weight excluding hydrogens is 414 g/mol. The molecule has 0 saturated heterocycles. The fourth-order valence-corrected chi connectivity index (χ4v) is 7.02. The van der Waals surface area contributed by atoms with Crippen molar-refractivity contribution < 1.29 is 23.3 Å². The number of hydrogen-bond donors (Lipinski definition) is 1. The van der Waals surface area contributed by atoms with Gasteiger partial charge in [-0.25, -0.2) is 0 Å². The van der Waals surface area contributed by atoms with E-state index >= 15 is 0 Å². The van der Waals surface area contributed by atoms with Crippen molar-refractivity contribution in [3.63, 3.8) is 0 Å². The van der Waals surface area contributed by atoms with E-state index in [1.54, 1.807) is 25.2 Å². The molecule has 0 spiro atoms. The van der Waals surface area contributed by atoms with Crippen molar-refractivity contribution in [3.8, 4) is 0 Å². The van der Waals surface area contributed by atoms with Crippen LogP contribution in [0, 0.1) is 6.92 Å². The van der Waals surface area contributed by atoms with E-state index in [9.17, 15) is 9.13 Å². The van der Waals surface area contributed by atoms with Crippen molar-refractivity contribution in [2.75, 3.05) is 12.3 Å². The van der Waals surface area contributed by atoms with Crippen molar-refractivity contribution in [3.05, 3.63) is 38.6 Å². The molecular formula is C20H33O5P2S+. The third-order valence-corrected chi connectivity index (χ3v) is 9.01. The quantitative estimate of drug-likeness (QED) is 0.274. The molecule has 158 valence electrons. The molecule has 8 heteroatoms. The average Bonchev–Trinajstić information content (AvgIpc) is 2.84. The molecule has 0 saturated carbocycles. The lowest BCUT2D eigenvalue weighted by molar-refractivity contribution is 0.143. The Hall–Kier alpha value is -0.610. The molecule has 1 aromatic heterocycles. The van der Waals surface area contributed by atoms with Gasteiger partial charge in [0, 0.05) is 9.75 Å². The topological polar surface area (TPSA) is 72.8 Å². The van der Waals surface area contributed by atoms with Gasteiger partial charge >= 0.3 is 8.03 Å². The van der Waals surface area contributed by atoms with Crippen LogP contribution < -0.4 is 0 Å². The van der Waals surface area contributed by atoms with Crippen LogP contribution in [0.2, 0.25) is 0 Å². The lowest BCUT2D eigenvalue weighted by Gasteiger charge is -2.16. The summed E-state index contributed by atoms with van der Waals surface area (Å²) in [5.74, 6) is -0.372. The highest BCUT2D eigenvalue weighted by molar-refractivity contribution is 7.68. The Morgan fingerprint density at radius 3 is 2.61 bits per heavy atom. The van der Waals surface area contributed by atoms with Crippen LogP contribution >= 0.6 is 26.7 Å². The Labute approximate surface area is 174 Å². The molecule has 2 atom stereocenters. The Morgan fingerprint density at radius 1 is 1.36 bits per heavy atom. The highest BCUT2D eigenvalue weighted by Crippen LogP contribution is 2.53. The number of hydrogen-bond acceptors (Lipinski definition) is 5. The van der Waals surface area contributed by atoms with E-state index in [1.807, 2.05) is 6.92 Å². The first kappa shape index (κ1) is 25.4. The van der Waals surface area contributed by atoms with Gasteiger partial charge in [-0.05, 0) is 76.7 Å². The summed E-state index contributed by atoms with van der Waals surface area (Å²) in [6.45, 7) is 12.2. The van der Waals surface area contributed by atoms with E-state index in [0.717, 1.165) is 23.3 Å². The maximum Gasteiger partial charge on any atom is 0.515 e. The van der Waals surface area contributed by atoms with E-state index in [4.69, 9.17) is 14.2 Å². The molecule has 2 unspecified atom stereocenters. The van der Waals surface area contributed by atoms with E-state index in [1.165, 1.54) is 16.0 Å². The summed E-state index contributed by atoms with van der Waals surface area (Å²) in [5, 5.41) is 0. The van der Waals surface area contributed by atoms with Crippen molar-refractivity contribution in [2.45, 2.75) is 67.1 Å². The lowest BCUT2D eigenvalue weighted by Crippen LogP contribution is -2.07. The van der Waals surface area contributed by atoms with Crippen LogP contribution in [0.4, 0.5) is 0 Å². The van der Waals surface area contributed by atoms with Gasteiger partial charge in [-0.1, -0.05) is 17.2 Å². The number of aryl methyl sites for hydroxylation is 1. The summed E-state index contributed by atoms with van der Waals surface area (Å²) in [7, 11) is -5.83. The lowest BCUT2D eigenvalue weighted by atomic mass is 10.1. The molecule has 0 aliphatic carbocycles. The minimum atomic E-state index is -3.29. The Bertz CT molecular complexity index is 761. The number of allylic oxidation sites excluding steroid dienone is 3. The zero-order valence-corrected chi connectivity index (χ0v) is 20.3. The maximum absolute atomic E-state index is 12.7. The van der Waals surface area contributed by atoms with Gasteiger partial charge in [0.15, 0.2) is 0 Å². The predicted octanol–water partition coefficient (Wildman–Crippen LogP) is 7.08. The van der Waals surface area contributed by atoms with Crippen LogP contribution in [0.1, 0.15) is 62.8 Å². The standard InChI is InChI=1S/C20H32O5P2S/c1-15(2)8-7-9-17(5)10-19-11-18(6)20(28-19)12-24-13-27(23,14-26(21)22)25-16(3)4/h8,10-11,16H,7,9,12-14H2,1-6H3/p+1/b17-10+. The molecule has 0 aliphatic heterocycles. The van der Waals surface area contributed by atoms with Crippen molar-refractivity contribution in [1.82, 2.24) is 0 Å². The molecule has 1 heterocycles. The Morgan fingerprint density at radius 2 is 2.04 bits per heavy atom. The van der Waals surface area contributed by atoms with Gasteiger partial charge in [-0.3, -0.25) is 4.57 Å². The first-order valence-electron chi connectivity index (χ1n) is 9.38. The summed E-state index contributed by atoms with van der Waals surface area (Å²) in [5.41, 5.74) is 3.79. The third kappa shape index (κ3) is 10.2. The first-order chi connectivity index (χ1) is 13.0. The molecule has 0 radical (unpaired) electrons. The molecule has 0 amide bonds. The number of thiophene rings is 1. The van der Waals surface area contributed by atoms with Gasteiger partial charge < -0.3 is 9.26 Å². The minimum Gasteiger partial charge on any atom is -0.366 e. The monoisotopic (exact) mass is 447 g/mol. The second-order valence-electron chi connectivity index (χ2n) is 7.51. The molecule has 0 fully saturated rings. The fourth-order valence-electron chi connectivity index (χ4n) is 2.61. The van der Waals surface area contributed by atoms with Crippen LogP contribution in [0.15, 0.2) is 23.3 Å². The third-order valence-electron chi connectivity index (χ3n) is 3.78. The molecule has 1 N–H and O–H groups in total. The molecule has 5 nitrogen and oxygen atoms in total. The predicted molar refractivity (Wildman–Crippen MR) is 120 cm³/mol. The van der Waals surface area contributed by atoms with E-state index in [2.05, 4.69) is 39.0 Å². The summed E-state index contributed by atoms with van der Waals surface area (Å²) >= 11 is 1.65. The molecule has 1 rings (SSSR count). The average molecular weight is 447 g/mol. The zero-order valence-electron chi connectivity index (χ0n) is 17.7. The molecule has 0 aliphatic rings. The second kappa shape index (κ2) is 12.2. The Balaban J connectivity index is 2.69. The van der Waals surface area contributed by atoms with Crippen LogP contribution in [0.25, 0.3) is 6.08 Å². The molecule has 0 aromatic carbocycles. The normalized spacial score (nSPS) is 14.9. The van der Waals surface area contributed by atoms with Gasteiger partial charge in [0.2, 0.25) is 0 Å². The number of ether oxygens (including phenoxy) is 1. The summed E-state index contributed by atoms with van der Waals surface area (Å²) in [4.78, 5) is 11.4. The second-order valence-corrected chi connectivity index (χ2v) is 12.6. The highest BCUT2D eigenvalue weighted by atomic mass is 32.1. The summed E-state index contributed by atoms with van der Waals surface area (Å²) in [6, 6.07) is 2.13. The van der Waals surface area contributed by atoms with Gasteiger partial charge in [0.1, 0.15) is 6.35 Å². The van der Waals surface area contributed by atoms with E-state index < -0.39 is 15.4 Å². The molecule has 0 bridgehead atoms. The van der Waals surface area contributed by atoms with Gasteiger partial charge in [-0.15, -0.1) is 11.3 Å². The highest BCUT2D eigenvalue weighted by Gasteiger charge is 2.35. The fraction of sp³-hybridized carbons (Fsp3) is 0.600. The van der Waals surface area contributed by atoms with Gasteiger partial charge in [0.25, 0.3) is 13.3 Å². The van der Waals surface area contributed by atoms with Crippen molar-refractivity contribution >= 4 is 32.8 Å². The van der Waals surface area contributed by atoms with E-state index in [0.29, 0.717) is 6.61 Å². The largest absolute Gasteiger partial charge is 0.515 e. The zero-order chi connectivity index (χ0) is 21.3. The SMILES string of the molecule is CC(C)=CCC/C(C)=C/c1cc(C)c(COCP(=O)(C[P+](=O)O)OC(C)C)s1. The smallest absolute Gasteiger partial charge is 0.366 e. The van der Waals surface area contributed by atoms with Crippen LogP contribution in [0.3, 0.4) is 0 Å². The molecule has 1 aromatic rings. The molecule has 28 heavy (non-hydrogen) atoms. The van der Waals surface area contributed by atoms with Crippen LogP contribution in [-0.2, 0) is 25.0 Å².